The number of hydrogen-bond acceptors (Lipinski definition) is 4. The van der Waals surface area contributed by atoms with E-state index in [9.17, 15) is 0 Å². The molecule has 0 aromatic carbocycles. The summed E-state index contributed by atoms with van der Waals surface area (Å²) in [7, 11) is 3.63. The molecule has 0 aliphatic carbocycles. The number of hydrogen-bond donors (Lipinski definition) is 2. The number of nitrogens with one attached hydrogen (secondary N) is 2. The average molecular weight is 494 g/mol. The van der Waals surface area contributed by atoms with E-state index in [1.807, 2.05) is 18.4 Å². The van der Waals surface area contributed by atoms with Gasteiger partial charge in [0.15, 0.2) is 5.96 Å². The molecule has 1 aliphatic heterocycles. The molecule has 2 rings (SSSR count). The van der Waals surface area contributed by atoms with Crippen molar-refractivity contribution in [3.05, 3.63) is 22.4 Å². The monoisotopic (exact) mass is 494 g/mol. The summed E-state index contributed by atoms with van der Waals surface area (Å²) in [5, 5.41) is 9.26. The number of nitrogens with zero attached hydrogens (tertiary/aromatic N) is 2. The molecule has 0 bridgehead atoms. The Morgan fingerprint density at radius 3 is 2.69 bits per heavy atom. The van der Waals surface area contributed by atoms with Crippen molar-refractivity contribution in [2.75, 3.05) is 46.9 Å². The summed E-state index contributed by atoms with van der Waals surface area (Å²) < 4.78 is 5.14. The summed E-state index contributed by atoms with van der Waals surface area (Å²) in [6.07, 6.45) is 3.46. The average Bonchev–Trinajstić information content (AvgIpc) is 3.16. The Morgan fingerprint density at radius 2 is 2.12 bits per heavy atom. The van der Waals surface area contributed by atoms with Crippen molar-refractivity contribution in [1.82, 2.24) is 15.5 Å². The van der Waals surface area contributed by atoms with Gasteiger partial charge in [-0.3, -0.25) is 4.99 Å². The minimum Gasteiger partial charge on any atom is -0.385 e. The fraction of sp³-hybridized carbons (Fsp3) is 0.737. The third-order valence-electron chi connectivity index (χ3n) is 4.86. The Morgan fingerprint density at radius 1 is 1.38 bits per heavy atom. The lowest BCUT2D eigenvalue weighted by Crippen LogP contribution is -2.50. The summed E-state index contributed by atoms with van der Waals surface area (Å²) >= 11 is 1.82. The molecule has 1 fully saturated rings. The van der Waals surface area contributed by atoms with E-state index in [4.69, 9.17) is 4.74 Å². The van der Waals surface area contributed by atoms with E-state index in [1.165, 1.54) is 17.7 Å². The van der Waals surface area contributed by atoms with E-state index in [0.29, 0.717) is 6.04 Å². The van der Waals surface area contributed by atoms with E-state index < -0.39 is 0 Å². The van der Waals surface area contributed by atoms with Crippen LogP contribution >= 0.6 is 35.3 Å². The third-order valence-corrected chi connectivity index (χ3v) is 6.10. The lowest BCUT2D eigenvalue weighted by Gasteiger charge is -2.33. The number of methoxy groups -OCH3 is 1. The van der Waals surface area contributed by atoms with Gasteiger partial charge in [-0.05, 0) is 30.7 Å². The summed E-state index contributed by atoms with van der Waals surface area (Å²) in [4.78, 5) is 8.35. The Labute approximate surface area is 180 Å². The summed E-state index contributed by atoms with van der Waals surface area (Å²) in [5.74, 6) is 0.919. The first kappa shape index (κ1) is 23.7. The molecule has 5 nitrogen and oxygen atoms in total. The van der Waals surface area contributed by atoms with E-state index in [1.54, 1.807) is 7.11 Å². The van der Waals surface area contributed by atoms with Crippen molar-refractivity contribution in [1.29, 1.82) is 0 Å². The van der Waals surface area contributed by atoms with Gasteiger partial charge < -0.3 is 20.3 Å². The van der Waals surface area contributed by atoms with Crippen LogP contribution in [0.15, 0.2) is 22.5 Å². The van der Waals surface area contributed by atoms with Gasteiger partial charge in [0.1, 0.15) is 0 Å². The number of likely N-dealkylation sites (tertiary alicyclic amines) is 1. The highest BCUT2D eigenvalue weighted by molar-refractivity contribution is 14.0. The van der Waals surface area contributed by atoms with Crippen molar-refractivity contribution in [3.8, 4) is 0 Å². The Kier molecular flexibility index (Phi) is 11.1. The Balaban J connectivity index is 0.00000338. The second-order valence-corrected chi connectivity index (χ2v) is 8.34. The van der Waals surface area contributed by atoms with Gasteiger partial charge in [-0.25, -0.2) is 0 Å². The molecule has 0 spiro atoms. The normalized spacial score (nSPS) is 17.0. The van der Waals surface area contributed by atoms with Crippen LogP contribution in [-0.2, 0) is 10.2 Å². The molecule has 150 valence electrons. The zero-order chi connectivity index (χ0) is 18.1. The van der Waals surface area contributed by atoms with E-state index in [0.717, 1.165) is 45.2 Å². The maximum atomic E-state index is 5.14. The van der Waals surface area contributed by atoms with Crippen LogP contribution in [-0.4, -0.2) is 63.8 Å². The van der Waals surface area contributed by atoms with Crippen LogP contribution in [0.25, 0.3) is 0 Å². The topological polar surface area (TPSA) is 48.9 Å². The second-order valence-electron chi connectivity index (χ2n) is 7.39. The molecule has 0 unspecified atom stereocenters. The molecule has 2 heterocycles. The van der Waals surface area contributed by atoms with Crippen LogP contribution in [0.5, 0.6) is 0 Å². The molecule has 26 heavy (non-hydrogen) atoms. The molecule has 2 N–H and O–H groups in total. The second kappa shape index (κ2) is 12.2. The first-order valence-corrected chi connectivity index (χ1v) is 10.2. The predicted molar refractivity (Wildman–Crippen MR) is 123 cm³/mol. The van der Waals surface area contributed by atoms with Crippen molar-refractivity contribution in [3.63, 3.8) is 0 Å². The maximum absolute atomic E-state index is 5.14. The number of rotatable bonds is 8. The fourth-order valence-corrected chi connectivity index (χ4v) is 4.03. The summed E-state index contributed by atoms with van der Waals surface area (Å²) in [6, 6.07) is 4.84. The van der Waals surface area contributed by atoms with E-state index in [2.05, 4.69) is 51.9 Å². The molecule has 7 heteroatoms. The molecule has 1 aliphatic rings. The van der Waals surface area contributed by atoms with Crippen LogP contribution in [0, 0.1) is 0 Å². The van der Waals surface area contributed by atoms with Crippen molar-refractivity contribution in [2.45, 2.75) is 44.6 Å². The van der Waals surface area contributed by atoms with Gasteiger partial charge in [-0.15, -0.1) is 35.3 Å². The summed E-state index contributed by atoms with van der Waals surface area (Å²) in [6.45, 7) is 9.73. The highest BCUT2D eigenvalue weighted by Gasteiger charge is 2.23. The lowest BCUT2D eigenvalue weighted by atomic mass is 9.91. The number of thiophene rings is 1. The smallest absolute Gasteiger partial charge is 0.191 e. The maximum Gasteiger partial charge on any atom is 0.191 e. The van der Waals surface area contributed by atoms with Gasteiger partial charge in [0, 0.05) is 63.3 Å². The zero-order valence-corrected chi connectivity index (χ0v) is 19.7. The number of guanidine groups is 1. The van der Waals surface area contributed by atoms with Gasteiger partial charge in [-0.1, -0.05) is 19.9 Å². The Bertz CT molecular complexity index is 514. The van der Waals surface area contributed by atoms with E-state index >= 15 is 0 Å². The summed E-state index contributed by atoms with van der Waals surface area (Å²) in [5.41, 5.74) is 0.108. The largest absolute Gasteiger partial charge is 0.385 e. The van der Waals surface area contributed by atoms with Crippen LogP contribution in [0.1, 0.15) is 38.0 Å². The molecule has 0 radical (unpaired) electrons. The third kappa shape index (κ3) is 7.70. The molecule has 0 saturated carbocycles. The van der Waals surface area contributed by atoms with E-state index in [-0.39, 0.29) is 29.4 Å². The minimum absolute atomic E-state index is 0. The molecule has 1 aromatic heterocycles. The molecular weight excluding hydrogens is 459 g/mol. The van der Waals surface area contributed by atoms with Crippen molar-refractivity contribution >= 4 is 41.3 Å². The quantitative estimate of drug-likeness (QED) is 0.252. The number of piperidine rings is 1. The van der Waals surface area contributed by atoms with Gasteiger partial charge in [-0.2, -0.15) is 0 Å². The number of halogens is 1. The Hall–Kier alpha value is -0.380. The molecule has 0 atom stereocenters. The van der Waals surface area contributed by atoms with Gasteiger partial charge in [0.2, 0.25) is 0 Å². The first-order chi connectivity index (χ1) is 12.0. The molecule has 1 saturated heterocycles. The van der Waals surface area contributed by atoms with Gasteiger partial charge in [0.25, 0.3) is 0 Å². The van der Waals surface area contributed by atoms with Crippen LogP contribution in [0.3, 0.4) is 0 Å². The highest BCUT2D eigenvalue weighted by Crippen LogP contribution is 2.26. The number of ether oxygens (including phenoxy) is 1. The van der Waals surface area contributed by atoms with Gasteiger partial charge in [0.05, 0.1) is 0 Å². The SMILES string of the molecule is CN=C(NCC(C)(C)c1cccs1)NC1CCN(CCCOC)CC1.I. The van der Waals surface area contributed by atoms with Crippen LogP contribution < -0.4 is 10.6 Å². The molecule has 0 amide bonds. The highest BCUT2D eigenvalue weighted by atomic mass is 127. The lowest BCUT2D eigenvalue weighted by molar-refractivity contribution is 0.155. The standard InChI is InChI=1S/C19H34N4OS.HI/c1-19(2,17-7-5-14-25-17)15-21-18(20-3)22-16-8-11-23(12-9-16)10-6-13-24-4;/h5,7,14,16H,6,8-13,15H2,1-4H3,(H2,20,21,22);1H. The van der Waals surface area contributed by atoms with Crippen molar-refractivity contribution in [2.24, 2.45) is 4.99 Å². The molecular formula is C19H35IN4OS. The minimum atomic E-state index is 0. The molecule has 1 aromatic rings. The predicted octanol–water partition coefficient (Wildman–Crippen LogP) is 3.31. The number of aliphatic imine (C=N–C) groups is 1. The zero-order valence-electron chi connectivity index (χ0n) is 16.6. The van der Waals surface area contributed by atoms with Crippen molar-refractivity contribution < 1.29 is 4.74 Å². The van der Waals surface area contributed by atoms with Crippen LogP contribution in [0.2, 0.25) is 0 Å². The van der Waals surface area contributed by atoms with Crippen LogP contribution in [0.4, 0.5) is 0 Å². The first-order valence-electron chi connectivity index (χ1n) is 9.27. The van der Waals surface area contributed by atoms with Gasteiger partial charge >= 0.3 is 0 Å². The fourth-order valence-electron chi connectivity index (χ4n) is 3.18.